The lowest BCUT2D eigenvalue weighted by Gasteiger charge is -1.92. The first-order chi connectivity index (χ1) is 5.27. The molecule has 4 nitrogen and oxygen atoms in total. The summed E-state index contributed by atoms with van der Waals surface area (Å²) in [5.41, 5.74) is 6.23. The van der Waals surface area contributed by atoms with Gasteiger partial charge in [-0.1, -0.05) is 0 Å². The van der Waals surface area contributed by atoms with Crippen LogP contribution >= 0.6 is 15.9 Å². The number of hydrogen-bond donors (Lipinski definition) is 1. The first-order valence-electron chi connectivity index (χ1n) is 3.01. The van der Waals surface area contributed by atoms with Gasteiger partial charge in [0.15, 0.2) is 5.65 Å². The second kappa shape index (κ2) is 2.20. The van der Waals surface area contributed by atoms with Crippen LogP contribution in [0.5, 0.6) is 0 Å². The Morgan fingerprint density at radius 2 is 2.27 bits per heavy atom. The zero-order valence-electron chi connectivity index (χ0n) is 5.53. The number of anilines is 1. The number of fused-ring (bicyclic) bond motifs is 1. The summed E-state index contributed by atoms with van der Waals surface area (Å²) >= 11 is 3.32. The van der Waals surface area contributed by atoms with Crippen molar-refractivity contribution in [3.63, 3.8) is 0 Å². The fraction of sp³-hybridized carbons (Fsp3) is 0. The molecular weight excluding hydrogens is 208 g/mol. The standard InChI is InChI=1S/C6H5BrN4/c7-4-1-9-2-6-10-5(8)3-11(4)6/h1-3H,8H2. The van der Waals surface area contributed by atoms with Gasteiger partial charge in [-0.3, -0.25) is 9.38 Å². The van der Waals surface area contributed by atoms with Crippen molar-refractivity contribution < 1.29 is 0 Å². The van der Waals surface area contributed by atoms with Crippen molar-refractivity contribution in [2.75, 3.05) is 5.73 Å². The van der Waals surface area contributed by atoms with Crippen LogP contribution in [0.1, 0.15) is 0 Å². The Kier molecular flexibility index (Phi) is 1.32. The largest absolute Gasteiger partial charge is 0.382 e. The van der Waals surface area contributed by atoms with E-state index in [0.29, 0.717) is 5.82 Å². The van der Waals surface area contributed by atoms with Gasteiger partial charge in [-0.15, -0.1) is 0 Å². The molecule has 11 heavy (non-hydrogen) atoms. The van der Waals surface area contributed by atoms with Gasteiger partial charge >= 0.3 is 0 Å². The minimum atomic E-state index is 0.499. The van der Waals surface area contributed by atoms with Crippen molar-refractivity contribution >= 4 is 27.4 Å². The van der Waals surface area contributed by atoms with Crippen molar-refractivity contribution in [2.45, 2.75) is 0 Å². The molecule has 0 saturated carbocycles. The van der Waals surface area contributed by atoms with Gasteiger partial charge < -0.3 is 5.73 Å². The van der Waals surface area contributed by atoms with Crippen LogP contribution in [-0.4, -0.2) is 14.4 Å². The van der Waals surface area contributed by atoms with Crippen LogP contribution in [0.3, 0.4) is 0 Å². The summed E-state index contributed by atoms with van der Waals surface area (Å²) in [6.07, 6.45) is 5.08. The highest BCUT2D eigenvalue weighted by molar-refractivity contribution is 9.10. The van der Waals surface area contributed by atoms with Gasteiger partial charge in [0.1, 0.15) is 10.4 Å². The first-order valence-corrected chi connectivity index (χ1v) is 3.81. The number of imidazole rings is 1. The predicted molar refractivity (Wildman–Crippen MR) is 45.1 cm³/mol. The lowest BCUT2D eigenvalue weighted by molar-refractivity contribution is 1.09. The van der Waals surface area contributed by atoms with Gasteiger partial charge in [0.2, 0.25) is 0 Å². The van der Waals surface area contributed by atoms with Gasteiger partial charge in [-0.05, 0) is 15.9 Å². The molecule has 56 valence electrons. The molecular formula is C6H5BrN4. The summed E-state index contributed by atoms with van der Waals surface area (Å²) in [6.45, 7) is 0. The second-order valence-corrected chi connectivity index (χ2v) is 2.94. The van der Waals surface area contributed by atoms with E-state index in [1.54, 1.807) is 18.6 Å². The molecule has 0 aliphatic carbocycles. The van der Waals surface area contributed by atoms with E-state index >= 15 is 0 Å². The Morgan fingerprint density at radius 1 is 1.45 bits per heavy atom. The Morgan fingerprint density at radius 3 is 3.00 bits per heavy atom. The van der Waals surface area contributed by atoms with Crippen molar-refractivity contribution in [3.8, 4) is 0 Å². The number of nitrogens with two attached hydrogens (primary N) is 1. The van der Waals surface area contributed by atoms with E-state index in [2.05, 4.69) is 25.9 Å². The monoisotopic (exact) mass is 212 g/mol. The van der Waals surface area contributed by atoms with Crippen molar-refractivity contribution in [3.05, 3.63) is 23.2 Å². The van der Waals surface area contributed by atoms with Crippen LogP contribution in [0, 0.1) is 0 Å². The van der Waals surface area contributed by atoms with Crippen LogP contribution in [-0.2, 0) is 0 Å². The Labute approximate surface area is 71.2 Å². The Balaban J connectivity index is 2.90. The number of nitrogen functional groups attached to an aromatic ring is 1. The number of halogens is 1. The molecule has 0 saturated heterocycles. The molecule has 2 aromatic rings. The first kappa shape index (κ1) is 6.60. The summed E-state index contributed by atoms with van der Waals surface area (Å²) in [4.78, 5) is 7.96. The number of rotatable bonds is 0. The molecule has 0 unspecified atom stereocenters. The third-order valence-corrected chi connectivity index (χ3v) is 1.94. The molecule has 0 amide bonds. The second-order valence-electron chi connectivity index (χ2n) is 2.12. The zero-order chi connectivity index (χ0) is 7.84. The topological polar surface area (TPSA) is 56.2 Å². The molecule has 0 fully saturated rings. The third kappa shape index (κ3) is 0.970. The number of hydrogen-bond acceptors (Lipinski definition) is 3. The zero-order valence-corrected chi connectivity index (χ0v) is 7.12. The molecule has 2 rings (SSSR count). The molecule has 2 N–H and O–H groups in total. The van der Waals surface area contributed by atoms with Gasteiger partial charge in [0.05, 0.1) is 18.6 Å². The summed E-state index contributed by atoms with van der Waals surface area (Å²) < 4.78 is 2.67. The fourth-order valence-corrected chi connectivity index (χ4v) is 1.31. The third-order valence-electron chi connectivity index (χ3n) is 1.35. The SMILES string of the molecule is Nc1cn2c(Br)cncc2n1. The van der Waals surface area contributed by atoms with Gasteiger partial charge in [-0.25, -0.2) is 4.98 Å². The van der Waals surface area contributed by atoms with E-state index in [0.717, 1.165) is 10.3 Å². The molecule has 2 heterocycles. The van der Waals surface area contributed by atoms with Gasteiger partial charge in [0.25, 0.3) is 0 Å². The molecule has 0 aliphatic heterocycles. The molecule has 0 spiro atoms. The fourth-order valence-electron chi connectivity index (χ4n) is 0.903. The average molecular weight is 213 g/mol. The van der Waals surface area contributed by atoms with E-state index < -0.39 is 0 Å². The maximum absolute atomic E-state index is 5.48. The van der Waals surface area contributed by atoms with Gasteiger partial charge in [0, 0.05) is 0 Å². The van der Waals surface area contributed by atoms with Crippen LogP contribution in [0.4, 0.5) is 5.82 Å². The maximum atomic E-state index is 5.48. The molecule has 0 bridgehead atoms. The van der Waals surface area contributed by atoms with Gasteiger partial charge in [-0.2, -0.15) is 0 Å². The molecule has 0 atom stereocenters. The molecule has 0 radical (unpaired) electrons. The highest BCUT2D eigenvalue weighted by Crippen LogP contribution is 2.12. The quantitative estimate of drug-likeness (QED) is 0.712. The van der Waals surface area contributed by atoms with Crippen molar-refractivity contribution in [1.29, 1.82) is 0 Å². The van der Waals surface area contributed by atoms with Crippen LogP contribution in [0.25, 0.3) is 5.65 Å². The van der Waals surface area contributed by atoms with E-state index in [1.807, 2.05) is 4.40 Å². The Hall–Kier alpha value is -1.10. The lowest BCUT2D eigenvalue weighted by Crippen LogP contribution is -1.85. The normalized spacial score (nSPS) is 10.6. The predicted octanol–water partition coefficient (Wildman–Crippen LogP) is 1.07. The van der Waals surface area contributed by atoms with Crippen LogP contribution in [0.2, 0.25) is 0 Å². The molecule has 0 aromatic carbocycles. The summed E-state index contributed by atoms with van der Waals surface area (Å²) in [5, 5.41) is 0. The van der Waals surface area contributed by atoms with E-state index in [-0.39, 0.29) is 0 Å². The maximum Gasteiger partial charge on any atom is 0.158 e. The minimum Gasteiger partial charge on any atom is -0.382 e. The van der Waals surface area contributed by atoms with Crippen molar-refractivity contribution in [1.82, 2.24) is 14.4 Å². The Bertz CT molecular complexity index is 394. The average Bonchev–Trinajstić information content (AvgIpc) is 2.31. The van der Waals surface area contributed by atoms with Crippen molar-refractivity contribution in [2.24, 2.45) is 0 Å². The smallest absolute Gasteiger partial charge is 0.158 e. The molecule has 0 aliphatic rings. The van der Waals surface area contributed by atoms with Crippen LogP contribution in [0.15, 0.2) is 23.2 Å². The van der Waals surface area contributed by atoms with E-state index in [1.165, 1.54) is 0 Å². The van der Waals surface area contributed by atoms with E-state index in [9.17, 15) is 0 Å². The highest BCUT2D eigenvalue weighted by atomic mass is 79.9. The summed E-state index contributed by atoms with van der Waals surface area (Å²) in [5.74, 6) is 0.499. The summed E-state index contributed by atoms with van der Waals surface area (Å²) in [6, 6.07) is 0. The minimum absolute atomic E-state index is 0.499. The summed E-state index contributed by atoms with van der Waals surface area (Å²) in [7, 11) is 0. The van der Waals surface area contributed by atoms with E-state index in [4.69, 9.17) is 5.73 Å². The highest BCUT2D eigenvalue weighted by Gasteiger charge is 1.99. The number of aromatic nitrogens is 3. The molecule has 2 aromatic heterocycles. The molecule has 5 heteroatoms. The number of nitrogens with zero attached hydrogens (tertiary/aromatic N) is 3. The lowest BCUT2D eigenvalue weighted by atomic mass is 10.7. The van der Waals surface area contributed by atoms with Crippen LogP contribution < -0.4 is 5.73 Å².